The fourth-order valence-electron chi connectivity index (χ4n) is 4.78. The molecule has 0 radical (unpaired) electrons. The number of benzene rings is 3. The summed E-state index contributed by atoms with van der Waals surface area (Å²) in [5.41, 5.74) is 1.53. The van der Waals surface area contributed by atoms with Gasteiger partial charge in [-0.2, -0.15) is 0 Å². The highest BCUT2D eigenvalue weighted by atomic mass is 16.5. The molecule has 7 heteroatoms. The van der Waals surface area contributed by atoms with Crippen LogP contribution in [0.2, 0.25) is 0 Å². The number of fused-ring (bicyclic) bond motifs is 1. The molecule has 1 saturated heterocycles. The van der Waals surface area contributed by atoms with E-state index in [0.717, 1.165) is 0 Å². The van der Waals surface area contributed by atoms with Gasteiger partial charge in [-0.25, -0.2) is 4.79 Å². The zero-order valence-corrected chi connectivity index (χ0v) is 20.2. The van der Waals surface area contributed by atoms with Gasteiger partial charge < -0.3 is 9.47 Å². The lowest BCUT2D eigenvalue weighted by Crippen LogP contribution is -2.30. The van der Waals surface area contributed by atoms with Crippen LogP contribution in [0.25, 0.3) is 0 Å². The fraction of sp³-hybridized carbons (Fsp3) is 0.200. The van der Waals surface area contributed by atoms with Gasteiger partial charge in [0.1, 0.15) is 5.75 Å². The maximum atomic E-state index is 13.3. The quantitative estimate of drug-likeness (QED) is 0.200. The zero-order valence-electron chi connectivity index (χ0n) is 20.2. The summed E-state index contributed by atoms with van der Waals surface area (Å²) in [6.07, 6.45) is 3.83. The van der Waals surface area contributed by atoms with Crippen molar-refractivity contribution in [1.29, 1.82) is 0 Å². The van der Waals surface area contributed by atoms with Crippen molar-refractivity contribution < 1.29 is 28.7 Å². The Balaban J connectivity index is 1.36. The molecule has 1 aliphatic carbocycles. The maximum Gasteiger partial charge on any atom is 0.339 e. The molecule has 0 spiro atoms. The zero-order chi connectivity index (χ0) is 25.9. The van der Waals surface area contributed by atoms with Crippen LogP contribution in [0.4, 0.5) is 5.69 Å². The van der Waals surface area contributed by atoms with E-state index < -0.39 is 12.1 Å². The highest BCUT2D eigenvalue weighted by Gasteiger charge is 2.47. The highest BCUT2D eigenvalue weighted by molar-refractivity contribution is 6.22. The molecular formula is C30H25NO6. The number of allylic oxidation sites excluding steroid dienone is 2. The van der Waals surface area contributed by atoms with Gasteiger partial charge in [0.25, 0.3) is 0 Å². The maximum absolute atomic E-state index is 13.3. The summed E-state index contributed by atoms with van der Waals surface area (Å²) in [6, 6.07) is 21.5. The Hall–Kier alpha value is -4.52. The highest BCUT2D eigenvalue weighted by Crippen LogP contribution is 2.37. The molecule has 0 aromatic heterocycles. The van der Waals surface area contributed by atoms with Crippen LogP contribution in [0, 0.1) is 11.8 Å². The molecule has 3 aromatic carbocycles. The predicted octanol–water partition coefficient (Wildman–Crippen LogP) is 4.93. The van der Waals surface area contributed by atoms with Crippen molar-refractivity contribution >= 4 is 29.3 Å². The van der Waals surface area contributed by atoms with E-state index in [9.17, 15) is 19.2 Å². The fourth-order valence-corrected chi connectivity index (χ4v) is 4.78. The molecule has 3 aromatic rings. The minimum atomic E-state index is -1.15. The second-order valence-corrected chi connectivity index (χ2v) is 9.00. The van der Waals surface area contributed by atoms with Crippen molar-refractivity contribution in [3.8, 4) is 5.75 Å². The van der Waals surface area contributed by atoms with Crippen molar-refractivity contribution in [2.24, 2.45) is 11.8 Å². The Morgan fingerprint density at radius 2 is 1.35 bits per heavy atom. The topological polar surface area (TPSA) is 90.0 Å². The van der Waals surface area contributed by atoms with Crippen LogP contribution in [-0.4, -0.2) is 30.7 Å². The molecule has 0 N–H and O–H groups in total. The number of nitrogens with zero attached hydrogens (tertiary/aromatic N) is 1. The third-order valence-electron chi connectivity index (χ3n) is 6.81. The Kier molecular flexibility index (Phi) is 6.68. The summed E-state index contributed by atoms with van der Waals surface area (Å²) in [5.74, 6) is -1.57. The van der Waals surface area contributed by atoms with Crippen LogP contribution in [0.3, 0.4) is 0 Å². The molecule has 5 rings (SSSR count). The minimum Gasteiger partial charge on any atom is -0.497 e. The van der Waals surface area contributed by atoms with E-state index in [1.807, 2.05) is 18.2 Å². The second-order valence-electron chi connectivity index (χ2n) is 9.00. The standard InChI is InChI=1S/C30H25NO6/c1-36-23-17-13-19(14-18-23)26(32)27(20-7-3-2-4-8-20)37-30(35)21-11-15-22(16-12-21)31-28(33)24-9-5-6-10-25(24)29(31)34/h2-8,11-18,24-25,27H,9-10H2,1H3/t24-,25-,27+/m0/s1. The number of hydrogen-bond acceptors (Lipinski definition) is 6. The van der Waals surface area contributed by atoms with Crippen LogP contribution in [0.5, 0.6) is 5.75 Å². The first kappa shape index (κ1) is 24.2. The molecule has 0 bridgehead atoms. The van der Waals surface area contributed by atoms with E-state index in [4.69, 9.17) is 9.47 Å². The number of imide groups is 1. The molecule has 0 unspecified atom stereocenters. The van der Waals surface area contributed by atoms with Gasteiger partial charge in [0.15, 0.2) is 6.10 Å². The van der Waals surface area contributed by atoms with Gasteiger partial charge in [-0.3, -0.25) is 19.3 Å². The number of carbonyl (C=O) groups is 4. The minimum absolute atomic E-state index is 0.199. The molecule has 7 nitrogen and oxygen atoms in total. The summed E-state index contributed by atoms with van der Waals surface area (Å²) in [5, 5.41) is 0. The second kappa shape index (κ2) is 10.2. The van der Waals surface area contributed by atoms with Gasteiger partial charge in [0.05, 0.1) is 30.2 Å². The third kappa shape index (κ3) is 4.68. The van der Waals surface area contributed by atoms with Crippen LogP contribution in [-0.2, 0) is 14.3 Å². The lowest BCUT2D eigenvalue weighted by atomic mass is 9.85. The summed E-state index contributed by atoms with van der Waals surface area (Å²) in [7, 11) is 1.54. The number of amides is 2. The normalized spacial score (nSPS) is 19.3. The smallest absolute Gasteiger partial charge is 0.339 e. The molecule has 37 heavy (non-hydrogen) atoms. The van der Waals surface area contributed by atoms with Crippen LogP contribution >= 0.6 is 0 Å². The van der Waals surface area contributed by atoms with E-state index in [1.165, 1.54) is 24.1 Å². The van der Waals surface area contributed by atoms with Crippen molar-refractivity contribution in [2.75, 3.05) is 12.0 Å². The molecule has 1 aliphatic heterocycles. The number of ether oxygens (including phenoxy) is 2. The molecule has 1 fully saturated rings. The molecule has 2 amide bonds. The van der Waals surface area contributed by atoms with Crippen LogP contribution in [0.1, 0.15) is 45.2 Å². The van der Waals surface area contributed by atoms with E-state index in [2.05, 4.69) is 0 Å². The molecule has 1 heterocycles. The van der Waals surface area contributed by atoms with Gasteiger partial charge in [-0.05, 0) is 61.4 Å². The van der Waals surface area contributed by atoms with Crippen molar-refractivity contribution in [3.05, 3.63) is 108 Å². The Morgan fingerprint density at radius 3 is 1.92 bits per heavy atom. The third-order valence-corrected chi connectivity index (χ3v) is 6.81. The summed E-state index contributed by atoms with van der Waals surface area (Å²) >= 11 is 0. The Morgan fingerprint density at radius 1 is 0.784 bits per heavy atom. The first-order chi connectivity index (χ1) is 18.0. The molecule has 0 saturated carbocycles. The molecule has 2 aliphatic rings. The van der Waals surface area contributed by atoms with Crippen molar-refractivity contribution in [3.63, 3.8) is 0 Å². The van der Waals surface area contributed by atoms with E-state index >= 15 is 0 Å². The molecule has 186 valence electrons. The van der Waals surface area contributed by atoms with Crippen LogP contribution in [0.15, 0.2) is 91.0 Å². The van der Waals surface area contributed by atoms with E-state index in [0.29, 0.717) is 35.4 Å². The summed E-state index contributed by atoms with van der Waals surface area (Å²) in [6.45, 7) is 0. The number of Topliss-reactive ketones (excluding diaryl/α,β-unsaturated/α-hetero) is 1. The van der Waals surface area contributed by atoms with Gasteiger partial charge >= 0.3 is 5.97 Å². The SMILES string of the molecule is COc1ccc(C(=O)[C@H](OC(=O)c2ccc(N3C(=O)[C@H]4CC=CC[C@@H]4C3=O)cc2)c2ccccc2)cc1. The van der Waals surface area contributed by atoms with Crippen LogP contribution < -0.4 is 9.64 Å². The number of carbonyl (C=O) groups excluding carboxylic acids is 4. The van der Waals surface area contributed by atoms with Crippen molar-refractivity contribution in [2.45, 2.75) is 18.9 Å². The largest absolute Gasteiger partial charge is 0.497 e. The average Bonchev–Trinajstić information content (AvgIpc) is 3.21. The van der Waals surface area contributed by atoms with Crippen molar-refractivity contribution in [1.82, 2.24) is 0 Å². The van der Waals surface area contributed by atoms with E-state index in [1.54, 1.807) is 60.7 Å². The Labute approximate surface area is 214 Å². The lowest BCUT2D eigenvalue weighted by Gasteiger charge is -2.18. The summed E-state index contributed by atoms with van der Waals surface area (Å²) in [4.78, 5) is 53.3. The van der Waals surface area contributed by atoms with Gasteiger partial charge in [-0.1, -0.05) is 42.5 Å². The Bertz CT molecular complexity index is 1340. The van der Waals surface area contributed by atoms with Gasteiger partial charge in [0, 0.05) is 11.1 Å². The number of hydrogen-bond donors (Lipinski definition) is 0. The average molecular weight is 496 g/mol. The predicted molar refractivity (Wildman–Crippen MR) is 136 cm³/mol. The van der Waals surface area contributed by atoms with E-state index in [-0.39, 0.29) is 35.0 Å². The van der Waals surface area contributed by atoms with Gasteiger partial charge in [-0.15, -0.1) is 0 Å². The molecule has 3 atom stereocenters. The number of ketones is 1. The summed E-state index contributed by atoms with van der Waals surface area (Å²) < 4.78 is 10.9. The molecular weight excluding hydrogens is 470 g/mol. The number of anilines is 1. The first-order valence-electron chi connectivity index (χ1n) is 12.0. The number of esters is 1. The lowest BCUT2D eigenvalue weighted by molar-refractivity contribution is -0.122. The first-order valence-corrected chi connectivity index (χ1v) is 12.0. The monoisotopic (exact) mass is 495 g/mol. The number of methoxy groups -OCH3 is 1. The van der Waals surface area contributed by atoms with Gasteiger partial charge in [0.2, 0.25) is 17.6 Å². The number of rotatable bonds is 7.